The van der Waals surface area contributed by atoms with Crippen LogP contribution in [-0.4, -0.2) is 31.4 Å². The Morgan fingerprint density at radius 2 is 2.00 bits per heavy atom. The normalized spacial score (nSPS) is 20.7. The van der Waals surface area contributed by atoms with Crippen LogP contribution in [0.25, 0.3) is 0 Å². The molecular formula is C19H18N2O4S. The maximum absolute atomic E-state index is 12.9. The molecule has 134 valence electrons. The molecule has 0 radical (unpaired) electrons. The Kier molecular flexibility index (Phi) is 4.46. The molecule has 7 heteroatoms. The lowest BCUT2D eigenvalue weighted by Crippen LogP contribution is -2.32. The van der Waals surface area contributed by atoms with Crippen LogP contribution in [0.5, 0.6) is 11.5 Å². The van der Waals surface area contributed by atoms with E-state index in [0.29, 0.717) is 23.7 Å². The van der Waals surface area contributed by atoms with E-state index in [1.54, 1.807) is 11.8 Å². The molecule has 2 heterocycles. The number of carbonyl (C=O) groups excluding carboxylic acids is 2. The number of hydrogen-bond donors (Lipinski definition) is 2. The number of amides is 2. The van der Waals surface area contributed by atoms with Gasteiger partial charge in [0.25, 0.3) is 0 Å². The summed E-state index contributed by atoms with van der Waals surface area (Å²) in [5, 5.41) is 5.71. The quantitative estimate of drug-likeness (QED) is 0.639. The number of thioether (sulfide) groups is 1. The Labute approximate surface area is 155 Å². The average Bonchev–Trinajstić information content (AvgIpc) is 3.27. The number of rotatable bonds is 4. The van der Waals surface area contributed by atoms with Crippen LogP contribution < -0.4 is 20.1 Å². The molecule has 2 aromatic rings. The van der Waals surface area contributed by atoms with Crippen LogP contribution >= 0.6 is 11.8 Å². The predicted molar refractivity (Wildman–Crippen MR) is 98.7 cm³/mol. The Bertz CT molecular complexity index is 870. The number of hydrogen-bond acceptors (Lipinski definition) is 5. The van der Waals surface area contributed by atoms with Crippen molar-refractivity contribution in [3.63, 3.8) is 0 Å². The van der Waals surface area contributed by atoms with E-state index in [0.717, 1.165) is 10.5 Å². The van der Waals surface area contributed by atoms with Crippen molar-refractivity contribution < 1.29 is 19.1 Å². The summed E-state index contributed by atoms with van der Waals surface area (Å²) >= 11 is 1.55. The number of benzene rings is 2. The minimum absolute atomic E-state index is 0.190. The summed E-state index contributed by atoms with van der Waals surface area (Å²) < 4.78 is 10.7. The Balaban J connectivity index is 1.59. The van der Waals surface area contributed by atoms with Gasteiger partial charge in [0.15, 0.2) is 11.5 Å². The summed E-state index contributed by atoms with van der Waals surface area (Å²) in [6.45, 7) is 0.608. The van der Waals surface area contributed by atoms with Crippen LogP contribution in [-0.2, 0) is 9.59 Å². The average molecular weight is 370 g/mol. The van der Waals surface area contributed by atoms with Crippen LogP contribution in [0.15, 0.2) is 47.4 Å². The van der Waals surface area contributed by atoms with Crippen molar-refractivity contribution in [3.8, 4) is 11.5 Å². The van der Waals surface area contributed by atoms with Gasteiger partial charge in [-0.15, -0.1) is 11.8 Å². The molecule has 1 saturated heterocycles. The van der Waals surface area contributed by atoms with Crippen molar-refractivity contribution in [3.05, 3.63) is 48.0 Å². The summed E-state index contributed by atoms with van der Waals surface area (Å²) in [6, 6.07) is 13.1. The molecule has 4 rings (SSSR count). The largest absolute Gasteiger partial charge is 0.454 e. The minimum atomic E-state index is -0.787. The molecule has 2 aliphatic heterocycles. The summed E-state index contributed by atoms with van der Waals surface area (Å²) in [6.07, 6.45) is 1.95. The molecule has 0 spiro atoms. The molecule has 1 fully saturated rings. The highest BCUT2D eigenvalue weighted by Gasteiger charge is 2.41. The van der Waals surface area contributed by atoms with Gasteiger partial charge in [-0.25, -0.2) is 0 Å². The molecule has 2 aromatic carbocycles. The van der Waals surface area contributed by atoms with Gasteiger partial charge in [0, 0.05) is 17.4 Å². The van der Waals surface area contributed by atoms with Gasteiger partial charge in [-0.1, -0.05) is 18.2 Å². The third kappa shape index (κ3) is 2.99. The molecular weight excluding hydrogens is 352 g/mol. The van der Waals surface area contributed by atoms with Crippen molar-refractivity contribution in [2.75, 3.05) is 24.9 Å². The third-order valence-corrected chi connectivity index (χ3v) is 5.45. The number of para-hydroxylation sites is 1. The van der Waals surface area contributed by atoms with Gasteiger partial charge in [-0.2, -0.15) is 0 Å². The highest BCUT2D eigenvalue weighted by molar-refractivity contribution is 7.98. The second-order valence-electron chi connectivity index (χ2n) is 6.13. The van der Waals surface area contributed by atoms with E-state index in [1.807, 2.05) is 48.7 Å². The molecule has 2 N–H and O–H groups in total. The third-order valence-electron chi connectivity index (χ3n) is 4.65. The lowest BCUT2D eigenvalue weighted by molar-refractivity contribution is -0.130. The Morgan fingerprint density at radius 3 is 2.85 bits per heavy atom. The molecule has 2 amide bonds. The summed E-state index contributed by atoms with van der Waals surface area (Å²) in [7, 11) is 0. The van der Waals surface area contributed by atoms with Crippen LogP contribution in [0.2, 0.25) is 0 Å². The van der Waals surface area contributed by atoms with Gasteiger partial charge in [-0.05, 0) is 36.1 Å². The van der Waals surface area contributed by atoms with Gasteiger partial charge >= 0.3 is 0 Å². The number of carbonyl (C=O) groups is 2. The first-order valence-electron chi connectivity index (χ1n) is 8.28. The Morgan fingerprint density at radius 1 is 1.19 bits per heavy atom. The first kappa shape index (κ1) is 16.8. The molecule has 0 aliphatic carbocycles. The summed E-state index contributed by atoms with van der Waals surface area (Å²) in [4.78, 5) is 26.2. The Hall–Kier alpha value is -2.67. The first-order chi connectivity index (χ1) is 12.7. The smallest absolute Gasteiger partial charge is 0.237 e. The fourth-order valence-electron chi connectivity index (χ4n) is 3.34. The number of anilines is 1. The van der Waals surface area contributed by atoms with Crippen molar-refractivity contribution in [2.24, 2.45) is 5.92 Å². The van der Waals surface area contributed by atoms with Crippen LogP contribution in [0.3, 0.4) is 0 Å². The van der Waals surface area contributed by atoms with Crippen molar-refractivity contribution >= 4 is 29.3 Å². The van der Waals surface area contributed by atoms with Gasteiger partial charge in [-0.3, -0.25) is 9.59 Å². The van der Waals surface area contributed by atoms with E-state index in [1.165, 1.54) is 0 Å². The molecule has 2 aliphatic rings. The van der Waals surface area contributed by atoms with Crippen molar-refractivity contribution in [1.82, 2.24) is 5.32 Å². The second-order valence-corrected chi connectivity index (χ2v) is 6.98. The van der Waals surface area contributed by atoms with E-state index >= 15 is 0 Å². The zero-order valence-corrected chi connectivity index (χ0v) is 15.0. The molecule has 6 nitrogen and oxygen atoms in total. The monoisotopic (exact) mass is 370 g/mol. The number of ether oxygens (including phenoxy) is 2. The molecule has 0 unspecified atom stereocenters. The predicted octanol–water partition coefficient (Wildman–Crippen LogP) is 2.61. The lowest BCUT2D eigenvalue weighted by Gasteiger charge is -2.18. The maximum Gasteiger partial charge on any atom is 0.237 e. The van der Waals surface area contributed by atoms with Crippen molar-refractivity contribution in [1.29, 1.82) is 0 Å². The van der Waals surface area contributed by atoms with Crippen LogP contribution in [0, 0.1) is 5.92 Å². The molecule has 0 bridgehead atoms. The van der Waals surface area contributed by atoms with Gasteiger partial charge in [0.05, 0.1) is 5.69 Å². The number of fused-ring (bicyclic) bond motifs is 1. The zero-order valence-electron chi connectivity index (χ0n) is 14.2. The van der Waals surface area contributed by atoms with Gasteiger partial charge in [0.2, 0.25) is 18.6 Å². The van der Waals surface area contributed by atoms with Crippen LogP contribution in [0.1, 0.15) is 11.5 Å². The summed E-state index contributed by atoms with van der Waals surface area (Å²) in [5.74, 6) is -0.269. The van der Waals surface area contributed by atoms with E-state index in [4.69, 9.17) is 9.47 Å². The lowest BCUT2D eigenvalue weighted by atomic mass is 9.87. The van der Waals surface area contributed by atoms with E-state index in [-0.39, 0.29) is 24.5 Å². The van der Waals surface area contributed by atoms with E-state index in [9.17, 15) is 9.59 Å². The highest BCUT2D eigenvalue weighted by atomic mass is 32.2. The topological polar surface area (TPSA) is 76.7 Å². The fraction of sp³-hybridized carbons (Fsp3) is 0.263. The molecule has 0 aromatic heterocycles. The highest BCUT2D eigenvalue weighted by Crippen LogP contribution is 2.38. The summed E-state index contributed by atoms with van der Waals surface area (Å²) in [5.41, 5.74) is 1.60. The van der Waals surface area contributed by atoms with E-state index in [2.05, 4.69) is 10.6 Å². The molecule has 0 saturated carbocycles. The van der Waals surface area contributed by atoms with Gasteiger partial charge < -0.3 is 20.1 Å². The molecule has 26 heavy (non-hydrogen) atoms. The molecule has 2 atom stereocenters. The maximum atomic E-state index is 12.9. The fourth-order valence-corrected chi connectivity index (χ4v) is 3.89. The van der Waals surface area contributed by atoms with Gasteiger partial charge in [0.1, 0.15) is 5.92 Å². The van der Waals surface area contributed by atoms with Crippen LogP contribution in [0.4, 0.5) is 5.69 Å². The first-order valence-corrected chi connectivity index (χ1v) is 9.51. The zero-order chi connectivity index (χ0) is 18.1. The number of nitrogens with one attached hydrogen (secondary N) is 2. The standard InChI is InChI=1S/C19H18N2O4S/c1-26-16-5-3-2-4-13(16)21-19(23)17-12(9-20-18(17)22)11-6-7-14-15(8-11)25-10-24-14/h2-8,12,17H,9-10H2,1H3,(H,20,22)(H,21,23)/t12-,17-/m1/s1. The van der Waals surface area contributed by atoms with E-state index < -0.39 is 5.92 Å². The minimum Gasteiger partial charge on any atom is -0.454 e. The SMILES string of the molecule is CSc1ccccc1NC(=O)[C@H]1C(=O)NC[C@@H]1c1ccc2c(c1)OCO2. The second kappa shape index (κ2) is 6.92. The van der Waals surface area contributed by atoms with Crippen molar-refractivity contribution in [2.45, 2.75) is 10.8 Å².